The molecule has 1 aromatic rings. The molecule has 6 nitrogen and oxygen atoms in total. The lowest BCUT2D eigenvalue weighted by atomic mass is 10.1. The van der Waals surface area contributed by atoms with Gasteiger partial charge in [0.1, 0.15) is 6.04 Å². The van der Waals surface area contributed by atoms with Crippen LogP contribution >= 0.6 is 11.8 Å². The maximum atomic E-state index is 11.8. The Kier molecular flexibility index (Phi) is 3.75. The van der Waals surface area contributed by atoms with Crippen LogP contribution in [0.3, 0.4) is 0 Å². The predicted octanol–water partition coefficient (Wildman–Crippen LogP) is 0.934. The molecule has 0 spiro atoms. The minimum Gasteiger partial charge on any atom is -0.480 e. The smallest absolute Gasteiger partial charge is 0.325 e. The fourth-order valence-corrected chi connectivity index (χ4v) is 2.35. The molecule has 1 aromatic carbocycles. The average Bonchev–Trinajstić information content (AvgIpc) is 2.37. The van der Waals surface area contributed by atoms with Gasteiger partial charge in [-0.05, 0) is 25.1 Å². The predicted molar refractivity (Wildman–Crippen MR) is 70.4 cm³/mol. The zero-order chi connectivity index (χ0) is 14.0. The largest absolute Gasteiger partial charge is 0.480 e. The molecule has 1 aliphatic heterocycles. The number of aliphatic carboxylic acids is 1. The number of carbonyl (C=O) groups excluding carboxylic acids is 2. The minimum atomic E-state index is -1.10. The fraction of sp³-hybridized carbons (Fsp3) is 0.250. The molecule has 100 valence electrons. The van der Waals surface area contributed by atoms with Crippen molar-refractivity contribution in [2.45, 2.75) is 17.9 Å². The summed E-state index contributed by atoms with van der Waals surface area (Å²) in [6.07, 6.45) is 0. The number of thioether (sulfide) groups is 1. The topological polar surface area (TPSA) is 95.5 Å². The van der Waals surface area contributed by atoms with E-state index < -0.39 is 17.9 Å². The summed E-state index contributed by atoms with van der Waals surface area (Å²) in [5.41, 5.74) is 0.895. The molecule has 1 aliphatic rings. The van der Waals surface area contributed by atoms with Crippen LogP contribution in [0.15, 0.2) is 23.1 Å². The molecule has 0 fully saturated rings. The van der Waals surface area contributed by atoms with Crippen molar-refractivity contribution in [2.75, 3.05) is 11.1 Å². The number of anilines is 1. The van der Waals surface area contributed by atoms with Gasteiger partial charge in [-0.25, -0.2) is 0 Å². The van der Waals surface area contributed by atoms with E-state index in [1.54, 1.807) is 18.2 Å². The van der Waals surface area contributed by atoms with E-state index in [2.05, 4.69) is 10.6 Å². The Balaban J connectivity index is 2.17. The number of hydrogen-bond donors (Lipinski definition) is 3. The first kappa shape index (κ1) is 13.4. The highest BCUT2D eigenvalue weighted by Crippen LogP contribution is 2.31. The van der Waals surface area contributed by atoms with Gasteiger partial charge in [0.05, 0.1) is 11.4 Å². The van der Waals surface area contributed by atoms with Gasteiger partial charge in [0.25, 0.3) is 5.91 Å². The second kappa shape index (κ2) is 5.31. The van der Waals surface area contributed by atoms with Gasteiger partial charge in [0.15, 0.2) is 0 Å². The van der Waals surface area contributed by atoms with E-state index in [1.165, 1.54) is 18.7 Å². The van der Waals surface area contributed by atoms with Gasteiger partial charge in [-0.1, -0.05) is 0 Å². The lowest BCUT2D eigenvalue weighted by Crippen LogP contribution is -2.38. The fourth-order valence-electron chi connectivity index (χ4n) is 1.57. The summed E-state index contributed by atoms with van der Waals surface area (Å²) in [6, 6.07) is 3.92. The molecule has 0 aromatic heterocycles. The first-order chi connectivity index (χ1) is 8.97. The van der Waals surface area contributed by atoms with E-state index in [1.807, 2.05) is 0 Å². The van der Waals surface area contributed by atoms with Crippen molar-refractivity contribution in [3.63, 3.8) is 0 Å². The van der Waals surface area contributed by atoms with Crippen molar-refractivity contribution in [1.29, 1.82) is 0 Å². The van der Waals surface area contributed by atoms with Gasteiger partial charge in [-0.3, -0.25) is 14.4 Å². The Morgan fingerprint density at radius 1 is 1.47 bits per heavy atom. The lowest BCUT2D eigenvalue weighted by molar-refractivity contribution is -0.138. The van der Waals surface area contributed by atoms with Crippen molar-refractivity contribution in [1.82, 2.24) is 5.32 Å². The molecule has 0 radical (unpaired) electrons. The monoisotopic (exact) mass is 280 g/mol. The third kappa shape index (κ3) is 3.05. The number of amides is 2. The van der Waals surface area contributed by atoms with Crippen molar-refractivity contribution < 1.29 is 19.5 Å². The zero-order valence-electron chi connectivity index (χ0n) is 10.1. The van der Waals surface area contributed by atoms with Crippen LogP contribution < -0.4 is 10.6 Å². The molecule has 0 saturated carbocycles. The third-order valence-corrected chi connectivity index (χ3v) is 3.67. The van der Waals surface area contributed by atoms with Crippen molar-refractivity contribution in [3.05, 3.63) is 23.8 Å². The molecule has 0 bridgehead atoms. The average molecular weight is 280 g/mol. The normalized spacial score (nSPS) is 15.1. The van der Waals surface area contributed by atoms with Gasteiger partial charge >= 0.3 is 5.97 Å². The quantitative estimate of drug-likeness (QED) is 0.765. The first-order valence-electron chi connectivity index (χ1n) is 5.58. The van der Waals surface area contributed by atoms with Crippen LogP contribution in [-0.4, -0.2) is 34.7 Å². The molecule has 0 unspecified atom stereocenters. The minimum absolute atomic E-state index is 0.117. The number of fused-ring (bicyclic) bond motifs is 1. The summed E-state index contributed by atoms with van der Waals surface area (Å²) >= 11 is 1.40. The maximum Gasteiger partial charge on any atom is 0.325 e. The summed E-state index contributed by atoms with van der Waals surface area (Å²) in [4.78, 5) is 34.7. The number of carboxylic acids is 1. The molecular formula is C12H12N2O4S. The van der Waals surface area contributed by atoms with Gasteiger partial charge in [-0.15, -0.1) is 11.8 Å². The van der Waals surface area contributed by atoms with Crippen LogP contribution in [0.25, 0.3) is 0 Å². The van der Waals surface area contributed by atoms with Crippen LogP contribution in [0.5, 0.6) is 0 Å². The van der Waals surface area contributed by atoms with E-state index in [9.17, 15) is 14.4 Å². The van der Waals surface area contributed by atoms with Crippen LogP contribution in [0.2, 0.25) is 0 Å². The number of benzene rings is 1. The van der Waals surface area contributed by atoms with Gasteiger partial charge in [0, 0.05) is 10.5 Å². The van der Waals surface area contributed by atoms with Gasteiger partial charge in [-0.2, -0.15) is 0 Å². The number of rotatable bonds is 3. The highest BCUT2D eigenvalue weighted by molar-refractivity contribution is 8.00. The Morgan fingerprint density at radius 2 is 2.21 bits per heavy atom. The number of carbonyl (C=O) groups is 3. The van der Waals surface area contributed by atoms with Gasteiger partial charge in [0.2, 0.25) is 5.91 Å². The van der Waals surface area contributed by atoms with Crippen LogP contribution in [0.4, 0.5) is 5.69 Å². The Hall–Kier alpha value is -2.02. The molecular weight excluding hydrogens is 268 g/mol. The Labute approximate surface area is 113 Å². The van der Waals surface area contributed by atoms with E-state index in [4.69, 9.17) is 5.11 Å². The summed E-state index contributed by atoms with van der Waals surface area (Å²) < 4.78 is 0. The highest BCUT2D eigenvalue weighted by atomic mass is 32.2. The number of nitrogens with one attached hydrogen (secondary N) is 2. The summed E-state index contributed by atoms with van der Waals surface area (Å²) in [6.45, 7) is 1.39. The molecule has 0 saturated heterocycles. The Bertz CT molecular complexity index is 559. The van der Waals surface area contributed by atoms with E-state index >= 15 is 0 Å². The molecule has 0 aliphatic carbocycles. The maximum absolute atomic E-state index is 11.8. The summed E-state index contributed by atoms with van der Waals surface area (Å²) in [7, 11) is 0. The third-order valence-electron chi connectivity index (χ3n) is 2.59. The zero-order valence-corrected chi connectivity index (χ0v) is 10.9. The second-order valence-electron chi connectivity index (χ2n) is 4.08. The van der Waals surface area contributed by atoms with Crippen LogP contribution in [0, 0.1) is 0 Å². The first-order valence-corrected chi connectivity index (χ1v) is 6.56. The Morgan fingerprint density at radius 3 is 2.89 bits per heavy atom. The highest BCUT2D eigenvalue weighted by Gasteiger charge is 2.19. The number of hydrogen-bond acceptors (Lipinski definition) is 4. The molecule has 3 N–H and O–H groups in total. The van der Waals surface area contributed by atoms with Crippen LogP contribution in [-0.2, 0) is 9.59 Å². The van der Waals surface area contributed by atoms with Crippen molar-refractivity contribution >= 4 is 35.2 Å². The summed E-state index contributed by atoms with van der Waals surface area (Å²) in [5, 5.41) is 13.8. The van der Waals surface area contributed by atoms with Crippen molar-refractivity contribution in [3.8, 4) is 0 Å². The van der Waals surface area contributed by atoms with Gasteiger partial charge < -0.3 is 15.7 Å². The number of carboxylic acid groups (broad SMARTS) is 1. The molecule has 7 heteroatoms. The summed E-state index contributed by atoms with van der Waals surface area (Å²) in [5.74, 6) is -1.35. The molecule has 19 heavy (non-hydrogen) atoms. The van der Waals surface area contributed by atoms with Crippen LogP contribution in [0.1, 0.15) is 17.3 Å². The van der Waals surface area contributed by atoms with E-state index in [-0.39, 0.29) is 5.91 Å². The van der Waals surface area contributed by atoms with E-state index in [0.29, 0.717) is 17.0 Å². The molecule has 1 atom stereocenters. The van der Waals surface area contributed by atoms with E-state index in [0.717, 1.165) is 4.90 Å². The second-order valence-corrected chi connectivity index (χ2v) is 5.10. The molecule has 2 rings (SSSR count). The lowest BCUT2D eigenvalue weighted by Gasteiger charge is -2.17. The standard InChI is InChI=1S/C12H12N2O4S/c1-6(12(17)18)13-11(16)7-2-3-9-8(4-7)14-10(15)5-19-9/h2-4,6H,5H2,1H3,(H,13,16)(H,14,15)(H,17,18)/t6-/m1/s1. The SMILES string of the molecule is C[C@@H](NC(=O)c1ccc2c(c1)NC(=O)CS2)C(=O)O. The molecule has 2 amide bonds. The van der Waals surface area contributed by atoms with Crippen molar-refractivity contribution in [2.24, 2.45) is 0 Å². The molecule has 1 heterocycles.